The van der Waals surface area contributed by atoms with Crippen molar-refractivity contribution in [1.29, 1.82) is 0 Å². The number of likely N-dealkylation sites (N-methyl/N-ethyl adjacent to an activating group) is 1. The Hall–Kier alpha value is -1.36. The van der Waals surface area contributed by atoms with Gasteiger partial charge in [-0.05, 0) is 32.9 Å². The molecular formula is C13H23N5. The van der Waals surface area contributed by atoms with Crippen LogP contribution in [0.15, 0.2) is 6.20 Å². The Morgan fingerprint density at radius 2 is 2.11 bits per heavy atom. The van der Waals surface area contributed by atoms with Gasteiger partial charge in [-0.15, -0.1) is 0 Å². The monoisotopic (exact) mass is 249 g/mol. The van der Waals surface area contributed by atoms with E-state index in [2.05, 4.69) is 39.1 Å². The molecular weight excluding hydrogens is 226 g/mol. The smallest absolute Gasteiger partial charge is 0.224 e. The Kier molecular flexibility index (Phi) is 4.36. The van der Waals surface area contributed by atoms with Crippen molar-refractivity contribution in [3.63, 3.8) is 0 Å². The molecule has 2 rings (SSSR count). The fourth-order valence-electron chi connectivity index (χ4n) is 2.34. The van der Waals surface area contributed by atoms with E-state index in [1.165, 1.54) is 25.9 Å². The first-order valence-corrected chi connectivity index (χ1v) is 6.65. The minimum absolute atomic E-state index is 0.684. The highest BCUT2D eigenvalue weighted by molar-refractivity contribution is 5.48. The molecule has 0 radical (unpaired) electrons. The summed E-state index contributed by atoms with van der Waals surface area (Å²) in [5.74, 6) is 1.71. The molecule has 0 bridgehead atoms. The molecule has 0 saturated carbocycles. The Morgan fingerprint density at radius 1 is 1.39 bits per heavy atom. The number of aromatic nitrogens is 2. The van der Waals surface area contributed by atoms with Gasteiger partial charge < -0.3 is 15.1 Å². The standard InChI is InChI=1S/C13H23N5/c1-11-10-15-13(14-2)16-12(11)17(3)8-9-18-6-4-5-7-18/h10H,4-9H2,1-3H3,(H,14,15,16). The van der Waals surface area contributed by atoms with E-state index in [-0.39, 0.29) is 0 Å². The second kappa shape index (κ2) is 6.00. The summed E-state index contributed by atoms with van der Waals surface area (Å²) >= 11 is 0. The topological polar surface area (TPSA) is 44.3 Å². The van der Waals surface area contributed by atoms with Gasteiger partial charge in [-0.2, -0.15) is 4.98 Å². The van der Waals surface area contributed by atoms with Crippen LogP contribution in [-0.4, -0.2) is 55.1 Å². The Balaban J connectivity index is 1.96. The molecule has 1 aromatic rings. The third-order valence-electron chi connectivity index (χ3n) is 3.48. The predicted molar refractivity (Wildman–Crippen MR) is 75.3 cm³/mol. The van der Waals surface area contributed by atoms with Crippen LogP contribution in [0.5, 0.6) is 0 Å². The van der Waals surface area contributed by atoms with E-state index in [1.807, 2.05) is 13.2 Å². The first kappa shape index (κ1) is 13.1. The van der Waals surface area contributed by atoms with Gasteiger partial charge >= 0.3 is 0 Å². The van der Waals surface area contributed by atoms with E-state index in [1.54, 1.807) is 0 Å². The molecule has 1 aliphatic rings. The number of hydrogen-bond donors (Lipinski definition) is 1. The quantitative estimate of drug-likeness (QED) is 0.853. The summed E-state index contributed by atoms with van der Waals surface area (Å²) < 4.78 is 0. The van der Waals surface area contributed by atoms with Crippen molar-refractivity contribution < 1.29 is 0 Å². The van der Waals surface area contributed by atoms with E-state index in [9.17, 15) is 0 Å². The molecule has 18 heavy (non-hydrogen) atoms. The van der Waals surface area contributed by atoms with Crippen LogP contribution in [0.4, 0.5) is 11.8 Å². The number of rotatable bonds is 5. The van der Waals surface area contributed by atoms with Gasteiger partial charge in [0.05, 0.1) is 0 Å². The van der Waals surface area contributed by atoms with Crippen molar-refractivity contribution in [2.24, 2.45) is 0 Å². The lowest BCUT2D eigenvalue weighted by Gasteiger charge is -2.23. The zero-order valence-corrected chi connectivity index (χ0v) is 11.6. The minimum Gasteiger partial charge on any atom is -0.358 e. The Morgan fingerprint density at radius 3 is 2.78 bits per heavy atom. The lowest BCUT2D eigenvalue weighted by molar-refractivity contribution is 0.346. The molecule has 5 nitrogen and oxygen atoms in total. The Bertz CT molecular complexity index is 387. The zero-order valence-electron chi connectivity index (χ0n) is 11.6. The maximum Gasteiger partial charge on any atom is 0.224 e. The van der Waals surface area contributed by atoms with Crippen molar-refractivity contribution in [2.45, 2.75) is 19.8 Å². The molecule has 1 N–H and O–H groups in total. The van der Waals surface area contributed by atoms with Crippen LogP contribution in [0.2, 0.25) is 0 Å². The molecule has 0 amide bonds. The van der Waals surface area contributed by atoms with E-state index in [0.29, 0.717) is 5.95 Å². The zero-order chi connectivity index (χ0) is 13.0. The summed E-state index contributed by atoms with van der Waals surface area (Å²) in [4.78, 5) is 13.5. The fraction of sp³-hybridized carbons (Fsp3) is 0.692. The normalized spacial score (nSPS) is 15.9. The number of nitrogens with zero attached hydrogens (tertiary/aromatic N) is 4. The molecule has 1 aromatic heterocycles. The molecule has 2 heterocycles. The van der Waals surface area contributed by atoms with Crippen LogP contribution >= 0.6 is 0 Å². The molecule has 0 aromatic carbocycles. The van der Waals surface area contributed by atoms with E-state index < -0.39 is 0 Å². The van der Waals surface area contributed by atoms with Gasteiger partial charge in [0.25, 0.3) is 0 Å². The molecule has 0 spiro atoms. The minimum atomic E-state index is 0.684. The van der Waals surface area contributed by atoms with Gasteiger partial charge in [0.1, 0.15) is 5.82 Å². The Labute approximate surface area is 109 Å². The van der Waals surface area contributed by atoms with Crippen molar-refractivity contribution in [2.75, 3.05) is 50.5 Å². The lowest BCUT2D eigenvalue weighted by atomic mass is 10.3. The summed E-state index contributed by atoms with van der Waals surface area (Å²) in [6.07, 6.45) is 4.57. The van der Waals surface area contributed by atoms with E-state index >= 15 is 0 Å². The van der Waals surface area contributed by atoms with E-state index in [0.717, 1.165) is 24.5 Å². The van der Waals surface area contributed by atoms with Crippen molar-refractivity contribution in [3.05, 3.63) is 11.8 Å². The second-order valence-electron chi connectivity index (χ2n) is 4.92. The van der Waals surface area contributed by atoms with Gasteiger partial charge in [-0.25, -0.2) is 4.98 Å². The van der Waals surface area contributed by atoms with Crippen LogP contribution in [-0.2, 0) is 0 Å². The highest BCUT2D eigenvalue weighted by Crippen LogP contribution is 2.16. The van der Waals surface area contributed by atoms with Crippen molar-refractivity contribution in [3.8, 4) is 0 Å². The first-order valence-electron chi connectivity index (χ1n) is 6.65. The highest BCUT2D eigenvalue weighted by atomic mass is 15.2. The van der Waals surface area contributed by atoms with Gasteiger partial charge in [0.15, 0.2) is 0 Å². The van der Waals surface area contributed by atoms with Gasteiger partial charge in [-0.3, -0.25) is 0 Å². The van der Waals surface area contributed by atoms with Crippen LogP contribution in [0.1, 0.15) is 18.4 Å². The number of anilines is 2. The summed E-state index contributed by atoms with van der Waals surface area (Å²) in [5, 5.41) is 2.99. The summed E-state index contributed by atoms with van der Waals surface area (Å²) in [6.45, 7) is 6.69. The van der Waals surface area contributed by atoms with Crippen LogP contribution in [0.3, 0.4) is 0 Å². The predicted octanol–water partition coefficient (Wildman–Crippen LogP) is 1.36. The molecule has 0 aliphatic carbocycles. The van der Waals surface area contributed by atoms with Crippen LogP contribution in [0, 0.1) is 6.92 Å². The van der Waals surface area contributed by atoms with Crippen LogP contribution in [0.25, 0.3) is 0 Å². The molecule has 1 saturated heterocycles. The largest absolute Gasteiger partial charge is 0.358 e. The fourth-order valence-corrected chi connectivity index (χ4v) is 2.34. The molecule has 1 fully saturated rings. The summed E-state index contributed by atoms with van der Waals surface area (Å²) in [6, 6.07) is 0. The van der Waals surface area contributed by atoms with Gasteiger partial charge in [0.2, 0.25) is 5.95 Å². The number of likely N-dealkylation sites (tertiary alicyclic amines) is 1. The first-order chi connectivity index (χ1) is 8.70. The number of nitrogens with one attached hydrogen (secondary N) is 1. The number of aryl methyl sites for hydroxylation is 1. The van der Waals surface area contributed by atoms with Crippen molar-refractivity contribution >= 4 is 11.8 Å². The average molecular weight is 249 g/mol. The van der Waals surface area contributed by atoms with Crippen LogP contribution < -0.4 is 10.2 Å². The van der Waals surface area contributed by atoms with Crippen molar-refractivity contribution in [1.82, 2.24) is 14.9 Å². The van der Waals surface area contributed by atoms with Gasteiger partial charge in [0, 0.05) is 38.9 Å². The number of hydrogen-bond acceptors (Lipinski definition) is 5. The highest BCUT2D eigenvalue weighted by Gasteiger charge is 2.13. The maximum absolute atomic E-state index is 4.52. The SMILES string of the molecule is CNc1ncc(C)c(N(C)CCN2CCCC2)n1. The van der Waals surface area contributed by atoms with Gasteiger partial charge in [-0.1, -0.05) is 0 Å². The maximum atomic E-state index is 4.52. The van der Waals surface area contributed by atoms with E-state index in [4.69, 9.17) is 0 Å². The summed E-state index contributed by atoms with van der Waals surface area (Å²) in [7, 11) is 3.95. The molecule has 0 atom stereocenters. The molecule has 0 unspecified atom stereocenters. The average Bonchev–Trinajstić information content (AvgIpc) is 2.89. The molecule has 1 aliphatic heterocycles. The lowest BCUT2D eigenvalue weighted by Crippen LogP contribution is -2.32. The third-order valence-corrected chi connectivity index (χ3v) is 3.48. The molecule has 100 valence electrons. The molecule has 5 heteroatoms. The summed E-state index contributed by atoms with van der Waals surface area (Å²) in [5.41, 5.74) is 1.12. The second-order valence-corrected chi connectivity index (χ2v) is 4.92. The third kappa shape index (κ3) is 3.10.